The van der Waals surface area contributed by atoms with Crippen molar-refractivity contribution < 1.29 is 29.0 Å². The van der Waals surface area contributed by atoms with Crippen molar-refractivity contribution in [2.24, 2.45) is 17.8 Å². The van der Waals surface area contributed by atoms with Crippen LogP contribution in [0.15, 0.2) is 0 Å². The van der Waals surface area contributed by atoms with Gasteiger partial charge in [-0.25, -0.2) is 4.79 Å². The largest absolute Gasteiger partial charge is 0.481 e. The zero-order valence-electron chi connectivity index (χ0n) is 16.8. The first-order chi connectivity index (χ1) is 12.0. The number of rotatable bonds is 6. The molecule has 1 aliphatic heterocycles. The number of aliphatic carboxylic acids is 1. The molecule has 0 aromatic carbocycles. The molecule has 0 aromatic heterocycles. The van der Waals surface area contributed by atoms with E-state index < -0.39 is 23.5 Å². The molecule has 1 fully saturated rings. The summed E-state index contributed by atoms with van der Waals surface area (Å²) in [6.45, 7) is 11.9. The van der Waals surface area contributed by atoms with Crippen LogP contribution in [0.3, 0.4) is 0 Å². The SMILES string of the molecule is CCC(C)OC(=O)C(C(=O)O)C(C)C1CCN(C(=O)OC(C)(C)C)CC1. The third-order valence-corrected chi connectivity index (χ3v) is 4.87. The molecule has 1 amide bonds. The Bertz CT molecular complexity index is 505. The van der Waals surface area contributed by atoms with Gasteiger partial charge in [-0.3, -0.25) is 9.59 Å². The number of carboxylic acids is 1. The van der Waals surface area contributed by atoms with Gasteiger partial charge in [0.05, 0.1) is 6.10 Å². The summed E-state index contributed by atoms with van der Waals surface area (Å²) in [6.07, 6.45) is 1.27. The van der Waals surface area contributed by atoms with Crippen molar-refractivity contribution in [2.75, 3.05) is 13.1 Å². The molecule has 1 aliphatic rings. The van der Waals surface area contributed by atoms with Gasteiger partial charge in [0.15, 0.2) is 5.92 Å². The standard InChI is InChI=1S/C19H33NO6/c1-7-12(2)25-17(23)15(16(21)22)13(3)14-8-10-20(11-9-14)18(24)26-19(4,5)6/h12-15H,7-11H2,1-6H3,(H,21,22). The van der Waals surface area contributed by atoms with E-state index in [0.29, 0.717) is 32.4 Å². The number of nitrogens with zero attached hydrogens (tertiary/aromatic N) is 1. The lowest BCUT2D eigenvalue weighted by molar-refractivity contribution is -0.165. The summed E-state index contributed by atoms with van der Waals surface area (Å²) < 4.78 is 10.6. The van der Waals surface area contributed by atoms with Gasteiger partial charge in [0.25, 0.3) is 0 Å². The highest BCUT2D eigenvalue weighted by atomic mass is 16.6. The Labute approximate surface area is 156 Å². The van der Waals surface area contributed by atoms with Crippen molar-refractivity contribution in [1.29, 1.82) is 0 Å². The molecule has 1 rings (SSSR count). The summed E-state index contributed by atoms with van der Waals surface area (Å²) in [6, 6.07) is 0. The Morgan fingerprint density at radius 2 is 1.69 bits per heavy atom. The number of carboxylic acid groups (broad SMARTS) is 1. The number of piperidine rings is 1. The van der Waals surface area contributed by atoms with Gasteiger partial charge in [0.1, 0.15) is 5.60 Å². The predicted molar refractivity (Wildman–Crippen MR) is 96.7 cm³/mol. The molecule has 0 bridgehead atoms. The minimum absolute atomic E-state index is 0.0410. The highest BCUT2D eigenvalue weighted by Gasteiger charge is 2.40. The van der Waals surface area contributed by atoms with Crippen LogP contribution in [0.25, 0.3) is 0 Å². The van der Waals surface area contributed by atoms with E-state index in [1.165, 1.54) is 0 Å². The van der Waals surface area contributed by atoms with Crippen LogP contribution in [0, 0.1) is 17.8 Å². The van der Waals surface area contributed by atoms with E-state index in [1.54, 1.807) is 18.7 Å². The number of hydrogen-bond donors (Lipinski definition) is 1. The quantitative estimate of drug-likeness (QED) is 0.569. The normalized spacial score (nSPS) is 19.4. The number of likely N-dealkylation sites (tertiary alicyclic amines) is 1. The fourth-order valence-corrected chi connectivity index (χ4v) is 3.10. The maximum atomic E-state index is 12.3. The molecule has 26 heavy (non-hydrogen) atoms. The molecule has 0 aliphatic carbocycles. The minimum Gasteiger partial charge on any atom is -0.481 e. The number of amides is 1. The predicted octanol–water partition coefficient (Wildman–Crippen LogP) is 3.31. The lowest BCUT2D eigenvalue weighted by atomic mass is 9.78. The van der Waals surface area contributed by atoms with Gasteiger partial charge < -0.3 is 19.5 Å². The van der Waals surface area contributed by atoms with Crippen molar-refractivity contribution in [3.05, 3.63) is 0 Å². The van der Waals surface area contributed by atoms with Crippen molar-refractivity contribution in [2.45, 2.75) is 72.5 Å². The number of hydrogen-bond acceptors (Lipinski definition) is 5. The van der Waals surface area contributed by atoms with E-state index in [9.17, 15) is 19.5 Å². The molecule has 3 atom stereocenters. The average Bonchev–Trinajstić information content (AvgIpc) is 2.52. The summed E-state index contributed by atoms with van der Waals surface area (Å²) in [4.78, 5) is 37.7. The Morgan fingerprint density at radius 1 is 1.15 bits per heavy atom. The summed E-state index contributed by atoms with van der Waals surface area (Å²) in [5.41, 5.74) is -0.546. The zero-order valence-corrected chi connectivity index (χ0v) is 16.8. The van der Waals surface area contributed by atoms with Crippen LogP contribution in [-0.4, -0.2) is 52.8 Å². The monoisotopic (exact) mass is 371 g/mol. The first-order valence-electron chi connectivity index (χ1n) is 9.37. The van der Waals surface area contributed by atoms with Gasteiger partial charge in [-0.2, -0.15) is 0 Å². The summed E-state index contributed by atoms with van der Waals surface area (Å²) in [5, 5.41) is 9.51. The van der Waals surface area contributed by atoms with E-state index in [2.05, 4.69) is 0 Å². The molecule has 0 saturated carbocycles. The number of carbonyl (C=O) groups is 3. The molecule has 1 saturated heterocycles. The van der Waals surface area contributed by atoms with Crippen LogP contribution in [0.4, 0.5) is 4.79 Å². The number of esters is 1. The fraction of sp³-hybridized carbons (Fsp3) is 0.842. The maximum absolute atomic E-state index is 12.3. The summed E-state index contributed by atoms with van der Waals surface area (Å²) in [7, 11) is 0. The van der Waals surface area contributed by atoms with E-state index in [-0.39, 0.29) is 24.0 Å². The fourth-order valence-electron chi connectivity index (χ4n) is 3.10. The van der Waals surface area contributed by atoms with Gasteiger partial charge in [-0.15, -0.1) is 0 Å². The van der Waals surface area contributed by atoms with Crippen LogP contribution < -0.4 is 0 Å². The van der Waals surface area contributed by atoms with Crippen molar-refractivity contribution in [1.82, 2.24) is 4.90 Å². The van der Waals surface area contributed by atoms with Crippen molar-refractivity contribution >= 4 is 18.0 Å². The van der Waals surface area contributed by atoms with Gasteiger partial charge in [-0.1, -0.05) is 13.8 Å². The zero-order chi connectivity index (χ0) is 20.1. The lowest BCUT2D eigenvalue weighted by Crippen LogP contribution is -2.45. The number of ether oxygens (including phenoxy) is 2. The molecule has 0 spiro atoms. The Hall–Kier alpha value is -1.79. The van der Waals surface area contributed by atoms with E-state index >= 15 is 0 Å². The van der Waals surface area contributed by atoms with Crippen molar-refractivity contribution in [3.8, 4) is 0 Å². The molecular weight excluding hydrogens is 338 g/mol. The van der Waals surface area contributed by atoms with Crippen LogP contribution in [0.2, 0.25) is 0 Å². The first kappa shape index (κ1) is 22.3. The minimum atomic E-state index is -1.18. The summed E-state index contributed by atoms with van der Waals surface area (Å²) in [5.74, 6) is -3.32. The van der Waals surface area contributed by atoms with E-state index in [1.807, 2.05) is 27.7 Å². The van der Waals surface area contributed by atoms with Gasteiger partial charge >= 0.3 is 18.0 Å². The molecule has 150 valence electrons. The van der Waals surface area contributed by atoms with Gasteiger partial charge in [-0.05, 0) is 58.8 Å². The molecule has 0 aromatic rings. The maximum Gasteiger partial charge on any atom is 0.410 e. The molecule has 7 heteroatoms. The van der Waals surface area contributed by atoms with Gasteiger partial charge in [0.2, 0.25) is 0 Å². The molecular formula is C19H33NO6. The van der Waals surface area contributed by atoms with Crippen LogP contribution in [-0.2, 0) is 19.1 Å². The van der Waals surface area contributed by atoms with Crippen LogP contribution in [0.5, 0.6) is 0 Å². The van der Waals surface area contributed by atoms with Crippen LogP contribution >= 0.6 is 0 Å². The molecule has 3 unspecified atom stereocenters. The molecule has 1 N–H and O–H groups in total. The highest BCUT2D eigenvalue weighted by molar-refractivity contribution is 5.94. The third-order valence-electron chi connectivity index (χ3n) is 4.87. The lowest BCUT2D eigenvalue weighted by Gasteiger charge is -2.36. The second-order valence-electron chi connectivity index (χ2n) is 8.14. The Morgan fingerprint density at radius 3 is 2.12 bits per heavy atom. The van der Waals surface area contributed by atoms with Crippen LogP contribution in [0.1, 0.15) is 60.8 Å². The van der Waals surface area contributed by atoms with E-state index in [0.717, 1.165) is 0 Å². The molecule has 7 nitrogen and oxygen atoms in total. The summed E-state index contributed by atoms with van der Waals surface area (Å²) >= 11 is 0. The van der Waals surface area contributed by atoms with Gasteiger partial charge in [0, 0.05) is 13.1 Å². The second-order valence-corrected chi connectivity index (χ2v) is 8.14. The second kappa shape index (κ2) is 9.24. The topological polar surface area (TPSA) is 93.1 Å². The Balaban J connectivity index is 2.67. The Kier molecular flexibility index (Phi) is 7.90. The van der Waals surface area contributed by atoms with Crippen molar-refractivity contribution in [3.63, 3.8) is 0 Å². The number of carbonyl (C=O) groups excluding carboxylic acids is 2. The highest BCUT2D eigenvalue weighted by Crippen LogP contribution is 2.32. The van der Waals surface area contributed by atoms with E-state index in [4.69, 9.17) is 9.47 Å². The smallest absolute Gasteiger partial charge is 0.410 e. The first-order valence-corrected chi connectivity index (χ1v) is 9.37. The molecule has 1 heterocycles. The third kappa shape index (κ3) is 6.50. The molecule has 0 radical (unpaired) electrons. The average molecular weight is 371 g/mol.